The summed E-state index contributed by atoms with van der Waals surface area (Å²) in [4.78, 5) is 6.84. The van der Waals surface area contributed by atoms with E-state index in [0.29, 0.717) is 6.54 Å². The molecule has 1 aliphatic rings. The van der Waals surface area contributed by atoms with Gasteiger partial charge in [-0.15, -0.1) is 0 Å². The van der Waals surface area contributed by atoms with E-state index in [0.717, 1.165) is 12.2 Å². The maximum absolute atomic E-state index is 5.70. The standard InChI is InChI=1S/C12H19N3S/c13-9-12-11(3-1-4-14-12)10-15-5-2-7-16-8-6-15/h1,3-4H,2,5-10,13H2. The van der Waals surface area contributed by atoms with Crippen molar-refractivity contribution < 1.29 is 0 Å². The third-order valence-corrected chi connectivity index (χ3v) is 3.94. The van der Waals surface area contributed by atoms with Gasteiger partial charge in [0.05, 0.1) is 5.69 Å². The molecule has 2 rings (SSSR count). The summed E-state index contributed by atoms with van der Waals surface area (Å²) in [6, 6.07) is 4.15. The van der Waals surface area contributed by atoms with Crippen LogP contribution < -0.4 is 5.73 Å². The van der Waals surface area contributed by atoms with Crippen molar-refractivity contribution in [2.45, 2.75) is 19.5 Å². The SMILES string of the molecule is NCc1ncccc1CN1CCCSCC1. The summed E-state index contributed by atoms with van der Waals surface area (Å²) in [5.74, 6) is 2.55. The van der Waals surface area contributed by atoms with Crippen LogP contribution in [0, 0.1) is 0 Å². The summed E-state index contributed by atoms with van der Waals surface area (Å²) >= 11 is 2.06. The van der Waals surface area contributed by atoms with Gasteiger partial charge in [0.15, 0.2) is 0 Å². The molecule has 1 aromatic rings. The summed E-state index contributed by atoms with van der Waals surface area (Å²) in [7, 11) is 0. The number of nitrogens with two attached hydrogens (primary N) is 1. The van der Waals surface area contributed by atoms with Crippen molar-refractivity contribution in [2.75, 3.05) is 24.6 Å². The highest BCUT2D eigenvalue weighted by molar-refractivity contribution is 7.99. The van der Waals surface area contributed by atoms with Crippen LogP contribution in [0.2, 0.25) is 0 Å². The van der Waals surface area contributed by atoms with Crippen molar-refractivity contribution in [3.8, 4) is 0 Å². The van der Waals surface area contributed by atoms with Gasteiger partial charge in [0.25, 0.3) is 0 Å². The smallest absolute Gasteiger partial charge is 0.0584 e. The zero-order valence-electron chi connectivity index (χ0n) is 9.56. The van der Waals surface area contributed by atoms with E-state index in [-0.39, 0.29) is 0 Å². The largest absolute Gasteiger partial charge is 0.325 e. The molecule has 3 nitrogen and oxygen atoms in total. The molecule has 0 bridgehead atoms. The molecule has 16 heavy (non-hydrogen) atoms. The normalized spacial score (nSPS) is 18.3. The van der Waals surface area contributed by atoms with E-state index in [9.17, 15) is 0 Å². The average Bonchev–Trinajstić information content (AvgIpc) is 2.58. The topological polar surface area (TPSA) is 42.1 Å². The third-order valence-electron chi connectivity index (χ3n) is 2.89. The highest BCUT2D eigenvalue weighted by atomic mass is 32.2. The molecule has 1 fully saturated rings. The van der Waals surface area contributed by atoms with E-state index in [1.165, 1.54) is 36.6 Å². The average molecular weight is 237 g/mol. The fourth-order valence-corrected chi connectivity index (χ4v) is 2.92. The highest BCUT2D eigenvalue weighted by Gasteiger charge is 2.11. The first-order chi connectivity index (χ1) is 7.90. The highest BCUT2D eigenvalue weighted by Crippen LogP contribution is 2.14. The molecule has 88 valence electrons. The molecule has 0 radical (unpaired) electrons. The van der Waals surface area contributed by atoms with Gasteiger partial charge in [-0.3, -0.25) is 9.88 Å². The van der Waals surface area contributed by atoms with Gasteiger partial charge in [-0.2, -0.15) is 11.8 Å². The first-order valence-corrected chi connectivity index (χ1v) is 6.98. The molecule has 0 unspecified atom stereocenters. The Kier molecular flexibility index (Phi) is 4.63. The van der Waals surface area contributed by atoms with Crippen molar-refractivity contribution in [2.24, 2.45) is 5.73 Å². The minimum Gasteiger partial charge on any atom is -0.325 e. The molecule has 0 spiro atoms. The molecule has 0 saturated carbocycles. The van der Waals surface area contributed by atoms with Crippen LogP contribution in [0.1, 0.15) is 17.7 Å². The van der Waals surface area contributed by atoms with Gasteiger partial charge in [0.1, 0.15) is 0 Å². The first-order valence-electron chi connectivity index (χ1n) is 5.83. The van der Waals surface area contributed by atoms with Gasteiger partial charge in [-0.25, -0.2) is 0 Å². The van der Waals surface area contributed by atoms with Gasteiger partial charge < -0.3 is 5.73 Å². The van der Waals surface area contributed by atoms with E-state index in [1.54, 1.807) is 0 Å². The lowest BCUT2D eigenvalue weighted by molar-refractivity contribution is 0.286. The summed E-state index contributed by atoms with van der Waals surface area (Å²) in [5, 5.41) is 0. The molecular weight excluding hydrogens is 218 g/mol. The molecular formula is C12H19N3S. The predicted molar refractivity (Wildman–Crippen MR) is 69.3 cm³/mol. The third kappa shape index (κ3) is 3.20. The maximum Gasteiger partial charge on any atom is 0.0584 e. The van der Waals surface area contributed by atoms with Crippen molar-refractivity contribution >= 4 is 11.8 Å². The van der Waals surface area contributed by atoms with Gasteiger partial charge >= 0.3 is 0 Å². The Bertz CT molecular complexity index is 322. The van der Waals surface area contributed by atoms with Crippen molar-refractivity contribution in [3.63, 3.8) is 0 Å². The lowest BCUT2D eigenvalue weighted by Crippen LogP contribution is -2.26. The van der Waals surface area contributed by atoms with Crippen molar-refractivity contribution in [1.29, 1.82) is 0 Å². The predicted octanol–water partition coefficient (Wildman–Crippen LogP) is 1.48. The van der Waals surface area contributed by atoms with Crippen LogP contribution in [-0.2, 0) is 13.1 Å². The second-order valence-electron chi connectivity index (χ2n) is 4.06. The van der Waals surface area contributed by atoms with Crippen LogP contribution in [-0.4, -0.2) is 34.5 Å². The fourth-order valence-electron chi connectivity index (χ4n) is 2.00. The van der Waals surface area contributed by atoms with E-state index in [2.05, 4.69) is 27.7 Å². The van der Waals surface area contributed by atoms with Crippen LogP contribution >= 0.6 is 11.8 Å². The van der Waals surface area contributed by atoms with Gasteiger partial charge in [0, 0.05) is 31.6 Å². The molecule has 1 aromatic heterocycles. The summed E-state index contributed by atoms with van der Waals surface area (Å²) in [6.45, 7) is 3.93. The first kappa shape index (κ1) is 11.9. The number of pyridine rings is 1. The second kappa shape index (κ2) is 6.23. The Balaban J connectivity index is 2.01. The van der Waals surface area contributed by atoms with Crippen molar-refractivity contribution in [3.05, 3.63) is 29.6 Å². The van der Waals surface area contributed by atoms with Gasteiger partial charge in [0.2, 0.25) is 0 Å². The van der Waals surface area contributed by atoms with Crippen LogP contribution in [0.15, 0.2) is 18.3 Å². The number of hydrogen-bond donors (Lipinski definition) is 1. The van der Waals surface area contributed by atoms with E-state index in [1.807, 2.05) is 12.3 Å². The molecule has 0 aliphatic carbocycles. The molecule has 0 amide bonds. The van der Waals surface area contributed by atoms with Crippen LogP contribution in [0.4, 0.5) is 0 Å². The molecule has 2 heterocycles. The second-order valence-corrected chi connectivity index (χ2v) is 5.28. The summed E-state index contributed by atoms with van der Waals surface area (Å²) in [5.41, 5.74) is 8.03. The maximum atomic E-state index is 5.70. The van der Waals surface area contributed by atoms with Gasteiger partial charge in [-0.05, 0) is 30.3 Å². The summed E-state index contributed by atoms with van der Waals surface area (Å²) < 4.78 is 0. The monoisotopic (exact) mass is 237 g/mol. The molecule has 2 N–H and O–H groups in total. The Labute approximate surface area is 101 Å². The number of aromatic nitrogens is 1. The van der Waals surface area contributed by atoms with Crippen molar-refractivity contribution in [1.82, 2.24) is 9.88 Å². The Morgan fingerprint density at radius 1 is 1.38 bits per heavy atom. The Hall–Kier alpha value is -0.580. The number of nitrogens with zero attached hydrogens (tertiary/aromatic N) is 2. The minimum atomic E-state index is 0.540. The molecule has 0 atom stereocenters. The number of rotatable bonds is 3. The van der Waals surface area contributed by atoms with E-state index >= 15 is 0 Å². The summed E-state index contributed by atoms with van der Waals surface area (Å²) in [6.07, 6.45) is 3.12. The molecule has 1 aliphatic heterocycles. The van der Waals surface area contributed by atoms with E-state index in [4.69, 9.17) is 5.73 Å². The quantitative estimate of drug-likeness (QED) is 0.864. The number of thioether (sulfide) groups is 1. The molecule has 0 aromatic carbocycles. The lowest BCUT2D eigenvalue weighted by Gasteiger charge is -2.20. The minimum absolute atomic E-state index is 0.540. The van der Waals surface area contributed by atoms with Gasteiger partial charge in [-0.1, -0.05) is 6.07 Å². The molecule has 4 heteroatoms. The number of hydrogen-bond acceptors (Lipinski definition) is 4. The van der Waals surface area contributed by atoms with Crippen LogP contribution in [0.25, 0.3) is 0 Å². The zero-order valence-corrected chi connectivity index (χ0v) is 10.4. The van der Waals surface area contributed by atoms with Crippen LogP contribution in [0.3, 0.4) is 0 Å². The Morgan fingerprint density at radius 3 is 3.19 bits per heavy atom. The fraction of sp³-hybridized carbons (Fsp3) is 0.583. The lowest BCUT2D eigenvalue weighted by atomic mass is 10.1. The van der Waals surface area contributed by atoms with E-state index < -0.39 is 0 Å². The Morgan fingerprint density at radius 2 is 2.31 bits per heavy atom. The zero-order chi connectivity index (χ0) is 11.2. The van der Waals surface area contributed by atoms with Crippen LogP contribution in [0.5, 0.6) is 0 Å². The molecule has 1 saturated heterocycles.